The molecule has 0 saturated heterocycles. The highest BCUT2D eigenvalue weighted by Gasteiger charge is 2.23. The van der Waals surface area contributed by atoms with E-state index in [9.17, 15) is 9.59 Å². The van der Waals surface area contributed by atoms with Gasteiger partial charge in [0.1, 0.15) is 6.04 Å². The zero-order valence-electron chi connectivity index (χ0n) is 11.9. The minimum absolute atomic E-state index is 0.220. The van der Waals surface area contributed by atoms with Crippen molar-refractivity contribution >= 4 is 17.6 Å². The van der Waals surface area contributed by atoms with Crippen molar-refractivity contribution in [2.45, 2.75) is 32.2 Å². The van der Waals surface area contributed by atoms with Crippen LogP contribution < -0.4 is 10.6 Å². The molecule has 0 bridgehead atoms. The van der Waals surface area contributed by atoms with Crippen molar-refractivity contribution in [3.8, 4) is 0 Å². The van der Waals surface area contributed by atoms with Crippen molar-refractivity contribution in [3.05, 3.63) is 29.3 Å². The number of amides is 1. The number of carbonyl (C=O) groups is 2. The van der Waals surface area contributed by atoms with Gasteiger partial charge < -0.3 is 15.4 Å². The van der Waals surface area contributed by atoms with Crippen LogP contribution in [0.1, 0.15) is 35.7 Å². The van der Waals surface area contributed by atoms with E-state index >= 15 is 0 Å². The normalized spacial score (nSPS) is 14.7. The largest absolute Gasteiger partial charge is 0.467 e. The second-order valence-electron chi connectivity index (χ2n) is 4.82. The van der Waals surface area contributed by atoms with Crippen LogP contribution in [0.5, 0.6) is 0 Å². The van der Waals surface area contributed by atoms with Crippen LogP contribution in [0.2, 0.25) is 0 Å². The molecular weight excluding hydrogens is 256 g/mol. The first kappa shape index (κ1) is 14.4. The number of hydrogen-bond acceptors (Lipinski definition) is 4. The fourth-order valence-corrected chi connectivity index (χ4v) is 2.43. The highest BCUT2D eigenvalue weighted by molar-refractivity contribution is 5.99. The quantitative estimate of drug-likeness (QED) is 0.822. The first-order valence-corrected chi connectivity index (χ1v) is 6.91. The van der Waals surface area contributed by atoms with Crippen molar-refractivity contribution in [1.29, 1.82) is 0 Å². The fourth-order valence-electron chi connectivity index (χ4n) is 2.43. The summed E-state index contributed by atoms with van der Waals surface area (Å²) in [4.78, 5) is 23.9. The average Bonchev–Trinajstić information content (AvgIpc) is 2.51. The molecular formula is C15H20N2O3. The van der Waals surface area contributed by atoms with Crippen LogP contribution in [0.25, 0.3) is 0 Å². The van der Waals surface area contributed by atoms with Gasteiger partial charge in [0.25, 0.3) is 5.91 Å². The number of rotatable bonds is 4. The molecule has 1 aliphatic heterocycles. The molecule has 0 fully saturated rings. The van der Waals surface area contributed by atoms with Gasteiger partial charge in [-0.2, -0.15) is 0 Å². The van der Waals surface area contributed by atoms with E-state index in [0.29, 0.717) is 12.0 Å². The van der Waals surface area contributed by atoms with Crippen molar-refractivity contribution < 1.29 is 14.3 Å². The second-order valence-corrected chi connectivity index (χ2v) is 4.82. The van der Waals surface area contributed by atoms with Gasteiger partial charge in [-0.1, -0.05) is 13.0 Å². The van der Waals surface area contributed by atoms with Crippen LogP contribution in [0.3, 0.4) is 0 Å². The van der Waals surface area contributed by atoms with Gasteiger partial charge in [0.2, 0.25) is 0 Å². The Balaban J connectivity index is 2.19. The maximum absolute atomic E-state index is 12.4. The molecule has 108 valence electrons. The first-order valence-electron chi connectivity index (χ1n) is 6.91. The van der Waals surface area contributed by atoms with Crippen LogP contribution in [-0.2, 0) is 16.0 Å². The van der Waals surface area contributed by atoms with Gasteiger partial charge in [-0.25, -0.2) is 4.79 Å². The molecule has 1 aromatic rings. The predicted octanol–water partition coefficient (Wildman–Crippen LogP) is 1.73. The molecule has 20 heavy (non-hydrogen) atoms. The summed E-state index contributed by atoms with van der Waals surface area (Å²) in [6.07, 6.45) is 2.39. The van der Waals surface area contributed by atoms with E-state index in [1.165, 1.54) is 7.11 Å². The van der Waals surface area contributed by atoms with Gasteiger partial charge in [-0.15, -0.1) is 0 Å². The Labute approximate surface area is 118 Å². The number of hydrogen-bond donors (Lipinski definition) is 2. The molecule has 0 saturated carbocycles. The summed E-state index contributed by atoms with van der Waals surface area (Å²) in [7, 11) is 1.32. The van der Waals surface area contributed by atoms with E-state index in [1.807, 2.05) is 19.1 Å². The molecule has 1 amide bonds. The molecule has 2 rings (SSSR count). The van der Waals surface area contributed by atoms with Crippen LogP contribution in [0.15, 0.2) is 18.2 Å². The van der Waals surface area contributed by atoms with E-state index in [2.05, 4.69) is 15.4 Å². The smallest absolute Gasteiger partial charge is 0.328 e. The molecule has 1 heterocycles. The lowest BCUT2D eigenvalue weighted by Crippen LogP contribution is -2.41. The van der Waals surface area contributed by atoms with Crippen molar-refractivity contribution in [2.24, 2.45) is 0 Å². The summed E-state index contributed by atoms with van der Waals surface area (Å²) in [6, 6.07) is 5.03. The number of nitrogens with one attached hydrogen (secondary N) is 2. The number of ether oxygens (including phenoxy) is 1. The summed E-state index contributed by atoms with van der Waals surface area (Å²) in [6.45, 7) is 2.77. The predicted molar refractivity (Wildman–Crippen MR) is 76.8 cm³/mol. The molecule has 1 unspecified atom stereocenters. The Morgan fingerprint density at radius 2 is 2.25 bits per heavy atom. The zero-order valence-corrected chi connectivity index (χ0v) is 11.9. The summed E-state index contributed by atoms with van der Waals surface area (Å²) in [5.74, 6) is -0.633. The molecule has 1 aromatic carbocycles. The number of esters is 1. The molecule has 0 aromatic heterocycles. The monoisotopic (exact) mass is 276 g/mol. The standard InChI is InChI=1S/C15H20N2O3/c1-3-12(15(19)20-2)17-14(18)11-6-4-8-13-10(11)7-5-9-16-13/h4,6,8,12,16H,3,5,7,9H2,1-2H3,(H,17,18). The second kappa shape index (κ2) is 6.41. The van der Waals surface area contributed by atoms with Gasteiger partial charge in [-0.05, 0) is 37.0 Å². The van der Waals surface area contributed by atoms with Crippen LogP contribution in [-0.4, -0.2) is 31.6 Å². The lowest BCUT2D eigenvalue weighted by molar-refractivity contribution is -0.142. The summed E-state index contributed by atoms with van der Waals surface area (Å²) >= 11 is 0. The zero-order chi connectivity index (χ0) is 14.5. The maximum Gasteiger partial charge on any atom is 0.328 e. The number of benzene rings is 1. The summed E-state index contributed by atoms with van der Waals surface area (Å²) in [5, 5.41) is 6.03. The van der Waals surface area contributed by atoms with Gasteiger partial charge in [0, 0.05) is 17.8 Å². The molecule has 0 aliphatic carbocycles. The molecule has 5 heteroatoms. The average molecular weight is 276 g/mol. The van der Waals surface area contributed by atoms with E-state index in [0.717, 1.165) is 30.6 Å². The Hall–Kier alpha value is -2.04. The van der Waals surface area contributed by atoms with Gasteiger partial charge in [-0.3, -0.25) is 4.79 Å². The van der Waals surface area contributed by atoms with E-state index in [1.54, 1.807) is 6.07 Å². The third-order valence-corrected chi connectivity index (χ3v) is 3.54. The van der Waals surface area contributed by atoms with Crippen LogP contribution >= 0.6 is 0 Å². The first-order chi connectivity index (χ1) is 9.67. The van der Waals surface area contributed by atoms with Crippen molar-refractivity contribution in [3.63, 3.8) is 0 Å². The Kier molecular flexibility index (Phi) is 4.61. The van der Waals surface area contributed by atoms with E-state index < -0.39 is 12.0 Å². The maximum atomic E-state index is 12.4. The molecule has 0 radical (unpaired) electrons. The highest BCUT2D eigenvalue weighted by atomic mass is 16.5. The van der Waals surface area contributed by atoms with Crippen molar-refractivity contribution in [1.82, 2.24) is 5.32 Å². The topological polar surface area (TPSA) is 67.4 Å². The van der Waals surface area contributed by atoms with Crippen molar-refractivity contribution in [2.75, 3.05) is 19.0 Å². The van der Waals surface area contributed by atoms with E-state index in [-0.39, 0.29) is 5.91 Å². The molecule has 5 nitrogen and oxygen atoms in total. The van der Waals surface area contributed by atoms with E-state index in [4.69, 9.17) is 0 Å². The van der Waals surface area contributed by atoms with Gasteiger partial charge >= 0.3 is 5.97 Å². The Morgan fingerprint density at radius 3 is 2.95 bits per heavy atom. The van der Waals surface area contributed by atoms with Crippen LogP contribution in [0.4, 0.5) is 5.69 Å². The minimum atomic E-state index is -0.597. The molecule has 1 atom stereocenters. The van der Waals surface area contributed by atoms with Gasteiger partial charge in [0.15, 0.2) is 0 Å². The lowest BCUT2D eigenvalue weighted by Gasteiger charge is -2.21. The third kappa shape index (κ3) is 2.92. The fraction of sp³-hybridized carbons (Fsp3) is 0.467. The minimum Gasteiger partial charge on any atom is -0.467 e. The lowest BCUT2D eigenvalue weighted by atomic mass is 9.97. The molecule has 1 aliphatic rings. The summed E-state index contributed by atoms with van der Waals surface area (Å²) < 4.78 is 4.69. The Morgan fingerprint density at radius 1 is 1.45 bits per heavy atom. The number of fused-ring (bicyclic) bond motifs is 1. The highest BCUT2D eigenvalue weighted by Crippen LogP contribution is 2.25. The number of anilines is 1. The molecule has 2 N–H and O–H groups in total. The SMILES string of the molecule is CCC(NC(=O)c1cccc2c1CCCN2)C(=O)OC. The number of methoxy groups -OCH3 is 1. The third-order valence-electron chi connectivity index (χ3n) is 3.54. The Bertz CT molecular complexity index is 514. The number of carbonyl (C=O) groups excluding carboxylic acids is 2. The van der Waals surface area contributed by atoms with Crippen LogP contribution in [0, 0.1) is 0 Å². The molecule has 0 spiro atoms. The summed E-state index contributed by atoms with van der Waals surface area (Å²) in [5.41, 5.74) is 2.67. The van der Waals surface area contributed by atoms with Gasteiger partial charge in [0.05, 0.1) is 7.11 Å².